The molecular formula is C30H34F3NO5. The van der Waals surface area contributed by atoms with Crippen molar-refractivity contribution in [2.24, 2.45) is 0 Å². The number of alkyl halides is 3. The zero-order chi connectivity index (χ0) is 28.2. The highest BCUT2D eigenvalue weighted by atomic mass is 19.4. The molecule has 0 fully saturated rings. The Bertz CT molecular complexity index is 1340. The lowest BCUT2D eigenvalue weighted by Crippen LogP contribution is -2.24. The Morgan fingerprint density at radius 2 is 1.87 bits per heavy atom. The van der Waals surface area contributed by atoms with Crippen LogP contribution in [0, 0.1) is 0 Å². The quantitative estimate of drug-likeness (QED) is 0.238. The molecule has 2 unspecified atom stereocenters. The van der Waals surface area contributed by atoms with Crippen molar-refractivity contribution in [1.29, 1.82) is 0 Å². The van der Waals surface area contributed by atoms with Crippen molar-refractivity contribution >= 4 is 22.4 Å². The number of ether oxygens (including phenoxy) is 3. The number of carboxylic acids is 1. The summed E-state index contributed by atoms with van der Waals surface area (Å²) in [6.07, 6.45) is 0.579. The third kappa shape index (κ3) is 6.18. The van der Waals surface area contributed by atoms with Crippen molar-refractivity contribution in [3.63, 3.8) is 0 Å². The van der Waals surface area contributed by atoms with Crippen molar-refractivity contribution < 1.29 is 37.3 Å². The number of allylic oxidation sites excluding steroid dienone is 1. The van der Waals surface area contributed by atoms with E-state index in [4.69, 9.17) is 14.2 Å². The van der Waals surface area contributed by atoms with Gasteiger partial charge in [-0.1, -0.05) is 27.2 Å². The number of benzene rings is 2. The molecule has 4 rings (SSSR count). The molecule has 9 heteroatoms. The molecule has 1 aromatic heterocycles. The molecule has 1 aliphatic rings. The van der Waals surface area contributed by atoms with Crippen LogP contribution in [0.25, 0.3) is 16.5 Å². The Morgan fingerprint density at radius 3 is 2.54 bits per heavy atom. The van der Waals surface area contributed by atoms with Gasteiger partial charge in [0, 0.05) is 34.6 Å². The fraction of sp³-hybridized carbons (Fsp3) is 0.433. The van der Waals surface area contributed by atoms with Gasteiger partial charge in [-0.15, -0.1) is 0 Å². The van der Waals surface area contributed by atoms with Gasteiger partial charge in [0.1, 0.15) is 29.4 Å². The molecule has 2 atom stereocenters. The lowest BCUT2D eigenvalue weighted by molar-refractivity contribution is -0.140. The summed E-state index contributed by atoms with van der Waals surface area (Å²) in [5.41, 5.74) is 0.885. The molecule has 0 saturated carbocycles. The number of hydrogen-bond acceptors (Lipinski definition) is 4. The van der Waals surface area contributed by atoms with E-state index in [2.05, 4.69) is 0 Å². The minimum atomic E-state index is -4.46. The first-order valence-corrected chi connectivity index (χ1v) is 13.4. The Labute approximate surface area is 226 Å². The number of aliphatic carboxylic acids is 1. The highest BCUT2D eigenvalue weighted by Gasteiger charge is 2.40. The Morgan fingerprint density at radius 1 is 1.10 bits per heavy atom. The summed E-state index contributed by atoms with van der Waals surface area (Å²) in [4.78, 5) is 11.5. The monoisotopic (exact) mass is 545 g/mol. The number of nitrogens with zero attached hydrogens (tertiary/aromatic N) is 1. The molecule has 0 amide bonds. The SMILES string of the molecule is CCCc1c(OCCCOc2ccc3c(ccn3C(CC)C(=O)O)c2)ccc2c1OC(CC)C=C2C(F)(F)F. The van der Waals surface area contributed by atoms with E-state index < -0.39 is 29.9 Å². The fourth-order valence-electron chi connectivity index (χ4n) is 4.91. The first kappa shape index (κ1) is 28.4. The molecule has 0 aliphatic carbocycles. The van der Waals surface area contributed by atoms with Crippen LogP contribution >= 0.6 is 0 Å². The van der Waals surface area contributed by atoms with E-state index in [1.165, 1.54) is 6.07 Å². The molecule has 0 saturated heterocycles. The first-order valence-electron chi connectivity index (χ1n) is 13.4. The molecule has 0 radical (unpaired) electrons. The second kappa shape index (κ2) is 12.1. The number of carboxylic acid groups (broad SMARTS) is 1. The summed E-state index contributed by atoms with van der Waals surface area (Å²) in [6.45, 7) is 6.30. The molecular weight excluding hydrogens is 511 g/mol. The number of hydrogen-bond donors (Lipinski definition) is 1. The molecule has 6 nitrogen and oxygen atoms in total. The zero-order valence-electron chi connectivity index (χ0n) is 22.4. The maximum Gasteiger partial charge on any atom is 0.416 e. The average molecular weight is 546 g/mol. The van der Waals surface area contributed by atoms with Gasteiger partial charge < -0.3 is 23.9 Å². The minimum Gasteiger partial charge on any atom is -0.493 e. The van der Waals surface area contributed by atoms with Crippen LogP contribution in [0.4, 0.5) is 13.2 Å². The topological polar surface area (TPSA) is 69.9 Å². The third-order valence-corrected chi connectivity index (χ3v) is 6.85. The van der Waals surface area contributed by atoms with E-state index >= 15 is 0 Å². The van der Waals surface area contributed by atoms with Gasteiger partial charge in [-0.25, -0.2) is 4.79 Å². The first-order chi connectivity index (χ1) is 18.7. The third-order valence-electron chi connectivity index (χ3n) is 6.85. The summed E-state index contributed by atoms with van der Waals surface area (Å²) in [6, 6.07) is 9.81. The summed E-state index contributed by atoms with van der Waals surface area (Å²) >= 11 is 0. The van der Waals surface area contributed by atoms with E-state index in [9.17, 15) is 23.1 Å². The van der Waals surface area contributed by atoms with E-state index in [1.807, 2.05) is 38.1 Å². The van der Waals surface area contributed by atoms with Crippen LogP contribution < -0.4 is 14.2 Å². The average Bonchev–Trinajstić information content (AvgIpc) is 3.31. The molecule has 210 valence electrons. The summed E-state index contributed by atoms with van der Waals surface area (Å²) in [7, 11) is 0. The second-order valence-electron chi connectivity index (χ2n) is 9.57. The van der Waals surface area contributed by atoms with Crippen LogP contribution in [-0.4, -0.2) is 41.1 Å². The molecule has 0 bridgehead atoms. The van der Waals surface area contributed by atoms with Crippen LogP contribution in [0.5, 0.6) is 17.2 Å². The highest BCUT2D eigenvalue weighted by molar-refractivity contribution is 5.84. The molecule has 3 aromatic rings. The van der Waals surface area contributed by atoms with Gasteiger partial charge in [-0.2, -0.15) is 13.2 Å². The highest BCUT2D eigenvalue weighted by Crippen LogP contribution is 2.46. The van der Waals surface area contributed by atoms with Crippen LogP contribution in [0.2, 0.25) is 0 Å². The number of fused-ring (bicyclic) bond motifs is 2. The van der Waals surface area contributed by atoms with Crippen molar-refractivity contribution in [2.45, 2.75) is 71.2 Å². The maximum atomic E-state index is 13.8. The Kier molecular flexibility index (Phi) is 8.77. The number of rotatable bonds is 12. The van der Waals surface area contributed by atoms with Gasteiger partial charge in [0.25, 0.3) is 0 Å². The molecule has 1 N–H and O–H groups in total. The number of halogens is 3. The maximum absolute atomic E-state index is 13.8. The fourth-order valence-corrected chi connectivity index (χ4v) is 4.91. The van der Waals surface area contributed by atoms with Gasteiger partial charge in [0.05, 0.1) is 18.8 Å². The van der Waals surface area contributed by atoms with Crippen molar-refractivity contribution in [3.05, 3.63) is 59.8 Å². The van der Waals surface area contributed by atoms with Gasteiger partial charge in [-0.05, 0) is 61.7 Å². The van der Waals surface area contributed by atoms with Gasteiger partial charge in [0.2, 0.25) is 0 Å². The van der Waals surface area contributed by atoms with Gasteiger partial charge in [0.15, 0.2) is 0 Å². The summed E-state index contributed by atoms with van der Waals surface area (Å²) < 4.78 is 60.9. The van der Waals surface area contributed by atoms with Crippen molar-refractivity contribution in [3.8, 4) is 17.2 Å². The van der Waals surface area contributed by atoms with Crippen molar-refractivity contribution in [2.75, 3.05) is 13.2 Å². The predicted molar refractivity (Wildman–Crippen MR) is 144 cm³/mol. The molecule has 39 heavy (non-hydrogen) atoms. The summed E-state index contributed by atoms with van der Waals surface area (Å²) in [5, 5.41) is 10.4. The van der Waals surface area contributed by atoms with E-state index in [0.717, 1.165) is 23.4 Å². The molecule has 1 aliphatic heterocycles. The molecule has 0 spiro atoms. The lowest BCUT2D eigenvalue weighted by atomic mass is 9.94. The van der Waals surface area contributed by atoms with E-state index in [-0.39, 0.29) is 11.3 Å². The van der Waals surface area contributed by atoms with E-state index in [1.54, 1.807) is 23.8 Å². The van der Waals surface area contributed by atoms with Crippen LogP contribution in [0.3, 0.4) is 0 Å². The van der Waals surface area contributed by atoms with E-state index in [0.29, 0.717) is 56.0 Å². The molecule has 2 aromatic carbocycles. The minimum absolute atomic E-state index is 0.0594. The van der Waals surface area contributed by atoms with Crippen LogP contribution in [0.1, 0.15) is 63.6 Å². The Balaban J connectivity index is 1.40. The van der Waals surface area contributed by atoms with Crippen molar-refractivity contribution in [1.82, 2.24) is 4.57 Å². The second-order valence-corrected chi connectivity index (χ2v) is 9.57. The van der Waals surface area contributed by atoms with Gasteiger partial charge >= 0.3 is 12.1 Å². The number of aromatic nitrogens is 1. The largest absolute Gasteiger partial charge is 0.493 e. The summed E-state index contributed by atoms with van der Waals surface area (Å²) in [5.74, 6) is 0.584. The molecule has 2 heterocycles. The lowest BCUT2D eigenvalue weighted by Gasteiger charge is -2.29. The smallest absolute Gasteiger partial charge is 0.416 e. The Hall–Kier alpha value is -3.62. The zero-order valence-corrected chi connectivity index (χ0v) is 22.4. The van der Waals surface area contributed by atoms with Crippen LogP contribution in [0.15, 0.2) is 48.7 Å². The normalized spacial score (nSPS) is 15.8. The standard InChI is InChI=1S/C30H34F3NO5/c1-4-8-23-27(12-10-22-24(30(31,32)33)18-20(5-2)39-28(22)23)38-16-7-15-37-21-9-11-26-19(17-21)13-14-34(26)25(6-3)29(35)36/h9-14,17-18,20,25H,4-8,15-16H2,1-3H3,(H,35,36). The number of carbonyl (C=O) groups is 1. The van der Waals surface area contributed by atoms with Gasteiger partial charge in [-0.3, -0.25) is 0 Å². The van der Waals surface area contributed by atoms with Crippen LogP contribution in [-0.2, 0) is 11.2 Å². The predicted octanol–water partition coefficient (Wildman–Crippen LogP) is 7.59.